The van der Waals surface area contributed by atoms with Gasteiger partial charge in [-0.25, -0.2) is 0 Å². The summed E-state index contributed by atoms with van der Waals surface area (Å²) in [4.78, 5) is 0. The Morgan fingerprint density at radius 2 is 2.26 bits per heavy atom. The number of aliphatic hydroxyl groups excluding tert-OH is 1. The van der Waals surface area contributed by atoms with Gasteiger partial charge in [0.15, 0.2) is 0 Å². The molecule has 4 heteroatoms. The molecule has 104 valence electrons. The van der Waals surface area contributed by atoms with Crippen LogP contribution in [0.15, 0.2) is 16.6 Å². The van der Waals surface area contributed by atoms with Crippen LogP contribution in [-0.4, -0.2) is 24.4 Å². The van der Waals surface area contributed by atoms with Crippen molar-refractivity contribution in [1.29, 1.82) is 0 Å². The molecule has 2 aliphatic heterocycles. The van der Waals surface area contributed by atoms with E-state index in [4.69, 9.17) is 9.47 Å². The van der Waals surface area contributed by atoms with E-state index in [2.05, 4.69) is 22.0 Å². The molecule has 0 saturated carbocycles. The number of hydrogen-bond donors (Lipinski definition) is 1. The van der Waals surface area contributed by atoms with Crippen LogP contribution in [0.4, 0.5) is 0 Å². The van der Waals surface area contributed by atoms with Gasteiger partial charge in [-0.1, -0.05) is 15.9 Å². The van der Waals surface area contributed by atoms with E-state index in [1.54, 1.807) is 0 Å². The molecule has 0 amide bonds. The Bertz CT molecular complexity index is 455. The number of hydrogen-bond acceptors (Lipinski definition) is 3. The van der Waals surface area contributed by atoms with Crippen LogP contribution in [0.2, 0.25) is 0 Å². The lowest BCUT2D eigenvalue weighted by atomic mass is 9.99. The Morgan fingerprint density at radius 1 is 1.37 bits per heavy atom. The molecular weight excluding hydrogens is 308 g/mol. The maximum atomic E-state index is 10.4. The zero-order chi connectivity index (χ0) is 13.2. The van der Waals surface area contributed by atoms with Gasteiger partial charge in [-0.15, -0.1) is 0 Å². The van der Waals surface area contributed by atoms with E-state index in [1.165, 1.54) is 5.56 Å². The first-order valence-electron chi connectivity index (χ1n) is 6.99. The molecule has 2 unspecified atom stereocenters. The third kappa shape index (κ3) is 2.96. The van der Waals surface area contributed by atoms with Crippen LogP contribution in [0.1, 0.15) is 42.9 Å². The lowest BCUT2D eigenvalue weighted by molar-refractivity contribution is 0.0805. The van der Waals surface area contributed by atoms with E-state index >= 15 is 0 Å². The molecule has 0 spiro atoms. The second-order valence-electron chi connectivity index (χ2n) is 5.31. The highest BCUT2D eigenvalue weighted by molar-refractivity contribution is 9.10. The summed E-state index contributed by atoms with van der Waals surface area (Å²) in [7, 11) is 0. The smallest absolute Gasteiger partial charge is 0.128 e. The molecule has 19 heavy (non-hydrogen) atoms. The third-order valence-electron chi connectivity index (χ3n) is 3.92. The molecule has 0 radical (unpaired) electrons. The molecule has 0 aromatic heterocycles. The molecule has 2 atom stereocenters. The van der Waals surface area contributed by atoms with Gasteiger partial charge in [0.2, 0.25) is 0 Å². The maximum Gasteiger partial charge on any atom is 0.128 e. The standard InChI is InChI=1S/C15H19BrO3/c16-11-8-10-5-7-19-15(10)13(9-11)14(17)4-3-12-2-1-6-18-12/h8-9,12,14,17H,1-7H2. The van der Waals surface area contributed by atoms with Crippen molar-refractivity contribution < 1.29 is 14.6 Å². The average molecular weight is 327 g/mol. The molecule has 0 aliphatic carbocycles. The van der Waals surface area contributed by atoms with E-state index in [0.717, 1.165) is 61.1 Å². The van der Waals surface area contributed by atoms with Gasteiger partial charge in [-0.2, -0.15) is 0 Å². The molecule has 3 nitrogen and oxygen atoms in total. The topological polar surface area (TPSA) is 38.7 Å². The molecule has 1 saturated heterocycles. The van der Waals surface area contributed by atoms with Crippen molar-refractivity contribution in [2.45, 2.75) is 44.3 Å². The summed E-state index contributed by atoms with van der Waals surface area (Å²) in [5, 5.41) is 10.4. The summed E-state index contributed by atoms with van der Waals surface area (Å²) in [6, 6.07) is 4.06. The van der Waals surface area contributed by atoms with Gasteiger partial charge in [0.1, 0.15) is 5.75 Å². The molecule has 0 bridgehead atoms. The zero-order valence-electron chi connectivity index (χ0n) is 10.9. The van der Waals surface area contributed by atoms with Gasteiger partial charge in [0.05, 0.1) is 18.8 Å². The first-order valence-corrected chi connectivity index (χ1v) is 7.78. The Morgan fingerprint density at radius 3 is 3.05 bits per heavy atom. The van der Waals surface area contributed by atoms with Crippen molar-refractivity contribution in [1.82, 2.24) is 0 Å². The van der Waals surface area contributed by atoms with E-state index in [-0.39, 0.29) is 0 Å². The van der Waals surface area contributed by atoms with Gasteiger partial charge in [-0.05, 0) is 43.4 Å². The molecule has 1 aromatic rings. The summed E-state index contributed by atoms with van der Waals surface area (Å²) in [6.45, 7) is 1.59. The number of ether oxygens (including phenoxy) is 2. The fourth-order valence-corrected chi connectivity index (χ4v) is 3.44. The molecule has 1 N–H and O–H groups in total. The SMILES string of the molecule is OC(CCC1CCCO1)c1cc(Br)cc2c1OCC2. The summed E-state index contributed by atoms with van der Waals surface area (Å²) in [5.74, 6) is 0.892. The van der Waals surface area contributed by atoms with Crippen molar-refractivity contribution >= 4 is 15.9 Å². The van der Waals surface area contributed by atoms with Crippen LogP contribution in [0, 0.1) is 0 Å². The van der Waals surface area contributed by atoms with Gasteiger partial charge in [0.25, 0.3) is 0 Å². The van der Waals surface area contributed by atoms with Crippen molar-refractivity contribution in [3.8, 4) is 5.75 Å². The zero-order valence-corrected chi connectivity index (χ0v) is 12.5. The average Bonchev–Trinajstić information content (AvgIpc) is 3.05. The maximum absolute atomic E-state index is 10.4. The summed E-state index contributed by atoms with van der Waals surface area (Å²) < 4.78 is 12.3. The second kappa shape index (κ2) is 5.81. The quantitative estimate of drug-likeness (QED) is 0.921. The fraction of sp³-hybridized carbons (Fsp3) is 0.600. The molecule has 1 aromatic carbocycles. The molecular formula is C15H19BrO3. The van der Waals surface area contributed by atoms with Gasteiger partial charge in [0, 0.05) is 23.1 Å². The van der Waals surface area contributed by atoms with E-state index in [9.17, 15) is 5.11 Å². The van der Waals surface area contributed by atoms with E-state index in [1.807, 2.05) is 6.07 Å². The van der Waals surface area contributed by atoms with Gasteiger partial charge in [-0.3, -0.25) is 0 Å². The highest BCUT2D eigenvalue weighted by atomic mass is 79.9. The predicted octanol–water partition coefficient (Wildman–Crippen LogP) is 3.38. The predicted molar refractivity (Wildman–Crippen MR) is 76.5 cm³/mol. The highest BCUT2D eigenvalue weighted by Crippen LogP contribution is 2.38. The van der Waals surface area contributed by atoms with Crippen molar-refractivity contribution in [2.75, 3.05) is 13.2 Å². The van der Waals surface area contributed by atoms with Crippen molar-refractivity contribution in [3.63, 3.8) is 0 Å². The lowest BCUT2D eigenvalue weighted by Crippen LogP contribution is -2.08. The Kier molecular flexibility index (Phi) is 4.10. The van der Waals surface area contributed by atoms with Crippen LogP contribution in [0.25, 0.3) is 0 Å². The summed E-state index contributed by atoms with van der Waals surface area (Å²) in [6.07, 6.45) is 4.72. The first kappa shape index (κ1) is 13.4. The van der Waals surface area contributed by atoms with Crippen molar-refractivity contribution in [2.24, 2.45) is 0 Å². The minimum atomic E-state index is -0.464. The van der Waals surface area contributed by atoms with Crippen molar-refractivity contribution in [3.05, 3.63) is 27.7 Å². The van der Waals surface area contributed by atoms with E-state index in [0.29, 0.717) is 6.10 Å². The number of aliphatic hydroxyl groups is 1. The number of fused-ring (bicyclic) bond motifs is 1. The molecule has 3 rings (SSSR count). The number of benzene rings is 1. The first-order chi connectivity index (χ1) is 9.24. The van der Waals surface area contributed by atoms with E-state index < -0.39 is 6.10 Å². The molecule has 2 heterocycles. The van der Waals surface area contributed by atoms with Crippen LogP contribution in [-0.2, 0) is 11.2 Å². The molecule has 1 fully saturated rings. The van der Waals surface area contributed by atoms with Crippen LogP contribution in [0.3, 0.4) is 0 Å². The van der Waals surface area contributed by atoms with Crippen LogP contribution < -0.4 is 4.74 Å². The highest BCUT2D eigenvalue weighted by Gasteiger charge is 2.23. The van der Waals surface area contributed by atoms with Crippen LogP contribution >= 0.6 is 15.9 Å². The largest absolute Gasteiger partial charge is 0.493 e. The van der Waals surface area contributed by atoms with Gasteiger partial charge >= 0.3 is 0 Å². The fourth-order valence-electron chi connectivity index (χ4n) is 2.92. The summed E-state index contributed by atoms with van der Waals surface area (Å²) in [5.41, 5.74) is 2.11. The second-order valence-corrected chi connectivity index (χ2v) is 6.23. The minimum Gasteiger partial charge on any atom is -0.493 e. The minimum absolute atomic E-state index is 0.329. The molecule has 2 aliphatic rings. The summed E-state index contributed by atoms with van der Waals surface area (Å²) >= 11 is 3.51. The monoisotopic (exact) mass is 326 g/mol. The Balaban J connectivity index is 1.70. The number of halogens is 1. The normalized spacial score (nSPS) is 23.2. The van der Waals surface area contributed by atoms with Gasteiger partial charge < -0.3 is 14.6 Å². The van der Waals surface area contributed by atoms with Crippen LogP contribution in [0.5, 0.6) is 5.75 Å². The Hall–Kier alpha value is -0.580. The Labute approximate surface area is 122 Å². The number of rotatable bonds is 4. The third-order valence-corrected chi connectivity index (χ3v) is 4.38. The lowest BCUT2D eigenvalue weighted by Gasteiger charge is -2.17.